The van der Waals surface area contributed by atoms with Crippen LogP contribution in [0.15, 0.2) is 36.4 Å². The Morgan fingerprint density at radius 2 is 1.71 bits per heavy atom. The summed E-state index contributed by atoms with van der Waals surface area (Å²) in [5.41, 5.74) is 3.30. The summed E-state index contributed by atoms with van der Waals surface area (Å²) in [6.45, 7) is 1.32. The standard InChI is InChI=1S/C19H20ClNO3/c1-23-17-10-14-7-8-21(12-15(14)11-18(17)24-2)19(22)9-13-3-5-16(20)6-4-13/h3-6,10-11H,7-9,12H2,1-2H3. The van der Waals surface area contributed by atoms with Crippen LogP contribution in [-0.2, 0) is 24.2 Å². The number of hydrogen-bond donors (Lipinski definition) is 0. The average Bonchev–Trinajstić information content (AvgIpc) is 2.61. The number of halogens is 1. The van der Waals surface area contributed by atoms with Crippen LogP contribution in [0.3, 0.4) is 0 Å². The van der Waals surface area contributed by atoms with Gasteiger partial charge in [-0.2, -0.15) is 0 Å². The van der Waals surface area contributed by atoms with Crippen LogP contribution in [0.4, 0.5) is 0 Å². The van der Waals surface area contributed by atoms with Gasteiger partial charge >= 0.3 is 0 Å². The van der Waals surface area contributed by atoms with Gasteiger partial charge in [0.1, 0.15) is 0 Å². The van der Waals surface area contributed by atoms with Gasteiger partial charge < -0.3 is 14.4 Å². The van der Waals surface area contributed by atoms with E-state index in [2.05, 4.69) is 0 Å². The molecule has 0 unspecified atom stereocenters. The van der Waals surface area contributed by atoms with Gasteiger partial charge in [0.05, 0.1) is 20.6 Å². The Morgan fingerprint density at radius 1 is 1.08 bits per heavy atom. The van der Waals surface area contributed by atoms with Crippen molar-refractivity contribution in [2.75, 3.05) is 20.8 Å². The Bertz CT molecular complexity index is 743. The second-order valence-corrected chi connectivity index (χ2v) is 6.28. The van der Waals surface area contributed by atoms with Gasteiger partial charge in [-0.15, -0.1) is 0 Å². The summed E-state index contributed by atoms with van der Waals surface area (Å²) in [6.07, 6.45) is 1.21. The molecule has 1 aliphatic heterocycles. The minimum atomic E-state index is 0.123. The van der Waals surface area contributed by atoms with Crippen LogP contribution in [0.1, 0.15) is 16.7 Å². The molecule has 0 aliphatic carbocycles. The molecule has 24 heavy (non-hydrogen) atoms. The smallest absolute Gasteiger partial charge is 0.227 e. The summed E-state index contributed by atoms with van der Waals surface area (Å²) in [5.74, 6) is 1.55. The molecule has 0 spiro atoms. The molecule has 5 heteroatoms. The zero-order valence-electron chi connectivity index (χ0n) is 13.8. The molecule has 126 valence electrons. The SMILES string of the molecule is COc1cc2c(cc1OC)CN(C(=O)Cc1ccc(Cl)cc1)CC2. The summed E-state index contributed by atoms with van der Waals surface area (Å²) in [4.78, 5) is 14.5. The average molecular weight is 346 g/mol. The highest BCUT2D eigenvalue weighted by Gasteiger charge is 2.22. The number of fused-ring (bicyclic) bond motifs is 1. The van der Waals surface area contributed by atoms with E-state index in [1.54, 1.807) is 14.2 Å². The second-order valence-electron chi connectivity index (χ2n) is 5.84. The van der Waals surface area contributed by atoms with Gasteiger partial charge in [0.2, 0.25) is 5.91 Å². The second kappa shape index (κ2) is 7.14. The van der Waals surface area contributed by atoms with Crippen molar-refractivity contribution in [3.8, 4) is 11.5 Å². The van der Waals surface area contributed by atoms with E-state index in [1.165, 1.54) is 5.56 Å². The Kier molecular flexibility index (Phi) is 4.95. The Morgan fingerprint density at radius 3 is 2.33 bits per heavy atom. The molecule has 0 saturated carbocycles. The van der Waals surface area contributed by atoms with E-state index in [0.29, 0.717) is 23.7 Å². The van der Waals surface area contributed by atoms with Gasteiger partial charge in [0.15, 0.2) is 11.5 Å². The normalized spacial score (nSPS) is 13.4. The number of amides is 1. The minimum Gasteiger partial charge on any atom is -0.493 e. The molecule has 0 saturated heterocycles. The van der Waals surface area contributed by atoms with Crippen molar-refractivity contribution in [2.45, 2.75) is 19.4 Å². The molecule has 1 amide bonds. The third-order valence-corrected chi connectivity index (χ3v) is 4.59. The number of rotatable bonds is 4. The van der Waals surface area contributed by atoms with E-state index in [4.69, 9.17) is 21.1 Å². The summed E-state index contributed by atoms with van der Waals surface area (Å²) in [7, 11) is 3.26. The number of nitrogens with zero attached hydrogens (tertiary/aromatic N) is 1. The van der Waals surface area contributed by atoms with Crippen LogP contribution >= 0.6 is 11.6 Å². The van der Waals surface area contributed by atoms with E-state index in [9.17, 15) is 4.79 Å². The molecule has 4 nitrogen and oxygen atoms in total. The summed E-state index contributed by atoms with van der Waals surface area (Å²) in [6, 6.07) is 11.4. The molecule has 1 heterocycles. The van der Waals surface area contributed by atoms with Gasteiger partial charge in [-0.3, -0.25) is 4.79 Å². The maximum absolute atomic E-state index is 12.6. The van der Waals surface area contributed by atoms with Crippen LogP contribution in [0, 0.1) is 0 Å². The fourth-order valence-corrected chi connectivity index (χ4v) is 3.11. The zero-order chi connectivity index (χ0) is 17.1. The Hall–Kier alpha value is -2.20. The van der Waals surface area contributed by atoms with Crippen molar-refractivity contribution in [1.82, 2.24) is 4.90 Å². The molecule has 0 atom stereocenters. The highest BCUT2D eigenvalue weighted by atomic mass is 35.5. The maximum atomic E-state index is 12.6. The lowest BCUT2D eigenvalue weighted by Crippen LogP contribution is -2.36. The first-order valence-corrected chi connectivity index (χ1v) is 8.24. The first-order valence-electron chi connectivity index (χ1n) is 7.86. The number of methoxy groups -OCH3 is 2. The predicted molar refractivity (Wildman–Crippen MR) is 93.8 cm³/mol. The number of carbonyl (C=O) groups excluding carboxylic acids is 1. The van der Waals surface area contributed by atoms with Crippen LogP contribution in [-0.4, -0.2) is 31.6 Å². The van der Waals surface area contributed by atoms with Crippen molar-refractivity contribution in [3.05, 3.63) is 58.1 Å². The first kappa shape index (κ1) is 16.7. The number of benzene rings is 2. The third kappa shape index (κ3) is 3.49. The van der Waals surface area contributed by atoms with Crippen LogP contribution in [0.25, 0.3) is 0 Å². The van der Waals surface area contributed by atoms with E-state index < -0.39 is 0 Å². The molecule has 2 aromatic carbocycles. The molecule has 0 radical (unpaired) electrons. The minimum absolute atomic E-state index is 0.123. The van der Waals surface area contributed by atoms with Gasteiger partial charge in [0.25, 0.3) is 0 Å². The lowest BCUT2D eigenvalue weighted by Gasteiger charge is -2.29. The molecule has 0 N–H and O–H groups in total. The van der Waals surface area contributed by atoms with Gasteiger partial charge in [0, 0.05) is 18.1 Å². The maximum Gasteiger partial charge on any atom is 0.227 e. The molecular formula is C19H20ClNO3. The van der Waals surface area contributed by atoms with Gasteiger partial charge in [-0.25, -0.2) is 0 Å². The predicted octanol–water partition coefficient (Wildman–Crippen LogP) is 3.48. The van der Waals surface area contributed by atoms with Crippen LogP contribution in [0.2, 0.25) is 5.02 Å². The molecular weight excluding hydrogens is 326 g/mol. The Labute approximate surface area is 146 Å². The van der Waals surface area contributed by atoms with Crippen molar-refractivity contribution >= 4 is 17.5 Å². The summed E-state index contributed by atoms with van der Waals surface area (Å²) in [5, 5.41) is 0.680. The van der Waals surface area contributed by atoms with E-state index in [0.717, 1.165) is 29.8 Å². The van der Waals surface area contributed by atoms with E-state index in [-0.39, 0.29) is 5.91 Å². The topological polar surface area (TPSA) is 38.8 Å². The van der Waals surface area contributed by atoms with Crippen molar-refractivity contribution in [1.29, 1.82) is 0 Å². The van der Waals surface area contributed by atoms with Crippen molar-refractivity contribution in [3.63, 3.8) is 0 Å². The highest BCUT2D eigenvalue weighted by molar-refractivity contribution is 6.30. The summed E-state index contributed by atoms with van der Waals surface area (Å²) >= 11 is 5.89. The van der Waals surface area contributed by atoms with Gasteiger partial charge in [-0.05, 0) is 47.4 Å². The molecule has 1 aliphatic rings. The van der Waals surface area contributed by atoms with Crippen molar-refractivity contribution < 1.29 is 14.3 Å². The largest absolute Gasteiger partial charge is 0.493 e. The fraction of sp³-hybridized carbons (Fsp3) is 0.316. The molecule has 0 aromatic heterocycles. The summed E-state index contributed by atoms with van der Waals surface area (Å²) < 4.78 is 10.7. The fourth-order valence-electron chi connectivity index (χ4n) is 2.98. The molecule has 3 rings (SSSR count). The van der Waals surface area contributed by atoms with E-state index in [1.807, 2.05) is 41.3 Å². The number of ether oxygens (including phenoxy) is 2. The number of hydrogen-bond acceptors (Lipinski definition) is 3. The van der Waals surface area contributed by atoms with Crippen LogP contribution in [0.5, 0.6) is 11.5 Å². The highest BCUT2D eigenvalue weighted by Crippen LogP contribution is 2.33. The molecule has 2 aromatic rings. The lowest BCUT2D eigenvalue weighted by atomic mass is 9.98. The molecule has 0 fully saturated rings. The molecule has 0 bridgehead atoms. The zero-order valence-corrected chi connectivity index (χ0v) is 14.6. The Balaban J connectivity index is 1.74. The quantitative estimate of drug-likeness (QED) is 0.851. The monoisotopic (exact) mass is 345 g/mol. The lowest BCUT2D eigenvalue weighted by molar-refractivity contribution is -0.131. The number of carbonyl (C=O) groups is 1. The van der Waals surface area contributed by atoms with Crippen molar-refractivity contribution in [2.24, 2.45) is 0 Å². The van der Waals surface area contributed by atoms with E-state index >= 15 is 0 Å². The van der Waals surface area contributed by atoms with Gasteiger partial charge in [-0.1, -0.05) is 23.7 Å². The van der Waals surface area contributed by atoms with Crippen LogP contribution < -0.4 is 9.47 Å². The first-order chi connectivity index (χ1) is 11.6. The third-order valence-electron chi connectivity index (χ3n) is 4.34.